The van der Waals surface area contributed by atoms with Crippen molar-refractivity contribution in [3.8, 4) is 0 Å². The number of carbonyl (C=O) groups excluding carboxylic acids is 2. The van der Waals surface area contributed by atoms with E-state index in [1.165, 1.54) is 360 Å². The molecule has 6 nitrogen and oxygen atoms in total. The average molecular weight is 1200 g/mol. The van der Waals surface area contributed by atoms with Crippen LogP contribution in [-0.2, 0) is 14.3 Å². The van der Waals surface area contributed by atoms with Gasteiger partial charge in [0.15, 0.2) is 0 Å². The zero-order valence-corrected chi connectivity index (χ0v) is 57.9. The Morgan fingerprint density at radius 2 is 0.588 bits per heavy atom. The number of hydrogen-bond acceptors (Lipinski definition) is 5. The smallest absolute Gasteiger partial charge is 0.305 e. The number of rotatable bonds is 74. The summed E-state index contributed by atoms with van der Waals surface area (Å²) in [6, 6.07) is -0.538. The van der Waals surface area contributed by atoms with E-state index in [1.807, 2.05) is 0 Å². The Kier molecular flexibility index (Phi) is 73.3. The van der Waals surface area contributed by atoms with Gasteiger partial charge in [-0.25, -0.2) is 0 Å². The second kappa shape index (κ2) is 74.8. The van der Waals surface area contributed by atoms with Crippen molar-refractivity contribution in [1.82, 2.24) is 5.32 Å². The van der Waals surface area contributed by atoms with E-state index in [0.717, 1.165) is 51.4 Å². The third-order valence-corrected chi connectivity index (χ3v) is 18.5. The van der Waals surface area contributed by atoms with E-state index in [4.69, 9.17) is 4.74 Å². The summed E-state index contributed by atoms with van der Waals surface area (Å²) < 4.78 is 5.49. The van der Waals surface area contributed by atoms with Gasteiger partial charge in [0, 0.05) is 12.8 Å². The molecule has 0 saturated carbocycles. The summed E-state index contributed by atoms with van der Waals surface area (Å²) in [5.74, 6) is -0.0166. The number of ether oxygens (including phenoxy) is 1. The van der Waals surface area contributed by atoms with Crippen LogP contribution < -0.4 is 5.32 Å². The van der Waals surface area contributed by atoms with E-state index in [9.17, 15) is 19.8 Å². The highest BCUT2D eigenvalue weighted by molar-refractivity contribution is 5.76. The molecule has 2 atom stereocenters. The normalized spacial score (nSPS) is 12.6. The Bertz CT molecular complexity index is 1330. The van der Waals surface area contributed by atoms with E-state index >= 15 is 0 Å². The molecule has 0 heterocycles. The molecule has 0 aromatic rings. The van der Waals surface area contributed by atoms with Gasteiger partial charge >= 0.3 is 5.97 Å². The largest absolute Gasteiger partial charge is 0.466 e. The van der Waals surface area contributed by atoms with Crippen molar-refractivity contribution in [1.29, 1.82) is 0 Å². The lowest BCUT2D eigenvalue weighted by Gasteiger charge is -2.22. The van der Waals surface area contributed by atoms with Gasteiger partial charge in [-0.3, -0.25) is 9.59 Å². The topological polar surface area (TPSA) is 95.9 Å². The highest BCUT2D eigenvalue weighted by Gasteiger charge is 2.20. The van der Waals surface area contributed by atoms with Crippen LogP contribution in [0.4, 0.5) is 0 Å². The number of aliphatic hydroxyl groups excluding tert-OH is 2. The van der Waals surface area contributed by atoms with Gasteiger partial charge in [-0.1, -0.05) is 398 Å². The molecule has 6 heteroatoms. The van der Waals surface area contributed by atoms with E-state index in [1.54, 1.807) is 0 Å². The number of hydrogen-bond donors (Lipinski definition) is 3. The second-order valence-electron chi connectivity index (χ2n) is 27.0. The first-order valence-corrected chi connectivity index (χ1v) is 39.1. The molecule has 0 radical (unpaired) electrons. The lowest BCUT2D eigenvalue weighted by atomic mass is 10.0. The van der Waals surface area contributed by atoms with Crippen LogP contribution in [0.3, 0.4) is 0 Å². The van der Waals surface area contributed by atoms with Crippen molar-refractivity contribution in [2.45, 2.75) is 456 Å². The van der Waals surface area contributed by atoms with E-state index in [0.29, 0.717) is 25.9 Å². The predicted molar refractivity (Wildman–Crippen MR) is 375 cm³/mol. The maximum atomic E-state index is 12.6. The van der Waals surface area contributed by atoms with Gasteiger partial charge in [-0.05, 0) is 57.8 Å². The van der Waals surface area contributed by atoms with E-state index in [2.05, 4.69) is 43.5 Å². The van der Waals surface area contributed by atoms with E-state index < -0.39 is 12.1 Å². The van der Waals surface area contributed by atoms with Crippen LogP contribution in [0, 0.1) is 0 Å². The van der Waals surface area contributed by atoms with Crippen LogP contribution in [0.5, 0.6) is 0 Å². The molecule has 0 aromatic heterocycles. The van der Waals surface area contributed by atoms with Gasteiger partial charge in [-0.15, -0.1) is 0 Å². The minimum Gasteiger partial charge on any atom is -0.466 e. The molecule has 0 aliphatic heterocycles. The number of esters is 1. The Morgan fingerprint density at radius 3 is 0.918 bits per heavy atom. The molecule has 0 bridgehead atoms. The SMILES string of the molecule is CCCCC/C=C\C/C=C\CCCCCCCC(=O)OCCCCCCCCCCCCCCCCCCCCCCCCCCCCCCCCCCCC(=O)NC(CO)C(O)CCCCCCCCCCCCCCCCCCCCCC. The third kappa shape index (κ3) is 71.3. The summed E-state index contributed by atoms with van der Waals surface area (Å²) in [6.45, 7) is 4.97. The van der Waals surface area contributed by atoms with Crippen LogP contribution in [0.1, 0.15) is 444 Å². The second-order valence-corrected chi connectivity index (χ2v) is 27.0. The molecular weight excluding hydrogens is 1040 g/mol. The Hall–Kier alpha value is -1.66. The molecule has 0 aromatic carbocycles. The fourth-order valence-electron chi connectivity index (χ4n) is 12.6. The van der Waals surface area contributed by atoms with Crippen LogP contribution in [0.25, 0.3) is 0 Å². The van der Waals surface area contributed by atoms with Crippen molar-refractivity contribution >= 4 is 11.9 Å². The summed E-state index contributed by atoms with van der Waals surface area (Å²) in [5, 5.41) is 23.4. The summed E-state index contributed by atoms with van der Waals surface area (Å²) in [7, 11) is 0. The van der Waals surface area contributed by atoms with Crippen molar-refractivity contribution in [3.05, 3.63) is 24.3 Å². The Morgan fingerprint density at radius 1 is 0.329 bits per heavy atom. The number of unbranched alkanes of at least 4 members (excludes halogenated alkanes) is 59. The van der Waals surface area contributed by atoms with Crippen LogP contribution in [-0.4, -0.2) is 47.4 Å². The highest BCUT2D eigenvalue weighted by Crippen LogP contribution is 2.20. The molecule has 0 saturated heterocycles. The van der Waals surface area contributed by atoms with Crippen LogP contribution in [0.15, 0.2) is 24.3 Å². The van der Waals surface area contributed by atoms with Crippen molar-refractivity contribution in [3.63, 3.8) is 0 Å². The number of carbonyl (C=O) groups is 2. The first-order valence-electron chi connectivity index (χ1n) is 39.1. The molecule has 0 fully saturated rings. The zero-order valence-electron chi connectivity index (χ0n) is 57.9. The quantitative estimate of drug-likeness (QED) is 0.0320. The fourth-order valence-corrected chi connectivity index (χ4v) is 12.6. The molecule has 0 rings (SSSR count). The first-order chi connectivity index (χ1) is 42.0. The number of allylic oxidation sites excluding steroid dienone is 4. The predicted octanol–water partition coefficient (Wildman–Crippen LogP) is 25.7. The molecule has 3 N–H and O–H groups in total. The molecule has 85 heavy (non-hydrogen) atoms. The summed E-state index contributed by atoms with van der Waals surface area (Å²) in [5.41, 5.74) is 0. The molecule has 504 valence electrons. The molecule has 2 unspecified atom stereocenters. The molecule has 0 spiro atoms. The molecule has 1 amide bonds. The van der Waals surface area contributed by atoms with Gasteiger partial charge in [-0.2, -0.15) is 0 Å². The average Bonchev–Trinajstić information content (AvgIpc) is 3.51. The van der Waals surface area contributed by atoms with Crippen molar-refractivity contribution < 1.29 is 24.5 Å². The van der Waals surface area contributed by atoms with Crippen LogP contribution in [0.2, 0.25) is 0 Å². The standard InChI is InChI=1S/C79H153NO5/c1-3-5-7-9-11-13-15-17-19-20-21-37-40-44-47-51-55-59-63-67-71-77(82)76(75-81)80-78(83)72-68-64-60-56-52-48-45-41-38-35-33-31-29-27-25-23-22-24-26-28-30-32-34-36-39-42-46-50-54-58-62-66-70-74-85-79(84)73-69-65-61-57-53-49-43-18-16-14-12-10-8-6-4-2/h12,14,18,43,76-77,81-82H,3-11,13,15-17,19-42,44-75H2,1-2H3,(H,80,83)/b14-12-,43-18-. The minimum absolute atomic E-state index is 0.00852. The van der Waals surface area contributed by atoms with Gasteiger partial charge in [0.1, 0.15) is 0 Å². The minimum atomic E-state index is -0.662. The number of amides is 1. The summed E-state index contributed by atoms with van der Waals surface area (Å²) >= 11 is 0. The Labute approximate surface area is 532 Å². The van der Waals surface area contributed by atoms with E-state index in [-0.39, 0.29) is 18.5 Å². The van der Waals surface area contributed by atoms with Crippen molar-refractivity contribution in [2.75, 3.05) is 13.2 Å². The molecular formula is C79H153NO5. The lowest BCUT2D eigenvalue weighted by molar-refractivity contribution is -0.143. The lowest BCUT2D eigenvalue weighted by Crippen LogP contribution is -2.45. The highest BCUT2D eigenvalue weighted by atomic mass is 16.5. The first kappa shape index (κ1) is 83.3. The van der Waals surface area contributed by atoms with Gasteiger partial charge in [0.05, 0.1) is 25.4 Å². The molecule has 0 aliphatic carbocycles. The summed E-state index contributed by atoms with van der Waals surface area (Å²) in [6.07, 6.45) is 95.5. The maximum absolute atomic E-state index is 12.6. The van der Waals surface area contributed by atoms with Gasteiger partial charge < -0.3 is 20.3 Å². The van der Waals surface area contributed by atoms with Gasteiger partial charge in [0.2, 0.25) is 5.91 Å². The number of nitrogens with one attached hydrogen (secondary N) is 1. The van der Waals surface area contributed by atoms with Crippen molar-refractivity contribution in [2.24, 2.45) is 0 Å². The van der Waals surface area contributed by atoms with Gasteiger partial charge in [0.25, 0.3) is 0 Å². The maximum Gasteiger partial charge on any atom is 0.305 e. The molecule has 0 aliphatic rings. The Balaban J connectivity index is 3.32. The number of aliphatic hydroxyl groups is 2. The summed E-state index contributed by atoms with van der Waals surface area (Å²) in [4.78, 5) is 24.6. The fraction of sp³-hybridized carbons (Fsp3) is 0.924. The third-order valence-electron chi connectivity index (χ3n) is 18.5. The monoisotopic (exact) mass is 1200 g/mol. The van der Waals surface area contributed by atoms with Crippen LogP contribution >= 0.6 is 0 Å². The zero-order chi connectivity index (χ0) is 61.3.